The van der Waals surface area contributed by atoms with Crippen molar-refractivity contribution >= 4 is 40.2 Å². The standard InChI is InChI=1S/C23H22N2O3S/c1-29-16-8-6-7-15(13-16)24-21(26)14-28-23(27)22-17-9-2-4-11-19(17)25-20-12-5-3-10-18(20)22/h2,4,6-9,11,13H,3,5,10,12,14H2,1H3,(H,24,26). The Balaban J connectivity index is 1.52. The summed E-state index contributed by atoms with van der Waals surface area (Å²) in [6, 6.07) is 15.1. The van der Waals surface area contributed by atoms with E-state index >= 15 is 0 Å². The van der Waals surface area contributed by atoms with Gasteiger partial charge in [0.2, 0.25) is 0 Å². The molecule has 5 nitrogen and oxygen atoms in total. The number of pyridine rings is 1. The summed E-state index contributed by atoms with van der Waals surface area (Å²) in [5.74, 6) is -0.821. The van der Waals surface area contributed by atoms with Gasteiger partial charge in [-0.3, -0.25) is 9.78 Å². The molecule has 0 unspecified atom stereocenters. The molecule has 1 heterocycles. The third-order valence-electron chi connectivity index (χ3n) is 5.06. The van der Waals surface area contributed by atoms with Crippen LogP contribution in [0.1, 0.15) is 34.5 Å². The van der Waals surface area contributed by atoms with Gasteiger partial charge in [0.1, 0.15) is 0 Å². The molecular weight excluding hydrogens is 384 g/mol. The zero-order chi connectivity index (χ0) is 20.2. The number of hydrogen-bond acceptors (Lipinski definition) is 5. The number of amides is 1. The molecule has 148 valence electrons. The highest BCUT2D eigenvalue weighted by molar-refractivity contribution is 7.98. The summed E-state index contributed by atoms with van der Waals surface area (Å²) in [6.07, 6.45) is 5.75. The Kier molecular flexibility index (Phi) is 5.81. The van der Waals surface area contributed by atoms with E-state index in [1.54, 1.807) is 11.8 Å². The minimum atomic E-state index is -0.463. The predicted molar refractivity (Wildman–Crippen MR) is 116 cm³/mol. The fraction of sp³-hybridized carbons (Fsp3) is 0.261. The van der Waals surface area contributed by atoms with Crippen LogP contribution in [-0.4, -0.2) is 29.7 Å². The van der Waals surface area contributed by atoms with Crippen molar-refractivity contribution in [3.05, 3.63) is 65.4 Å². The minimum Gasteiger partial charge on any atom is -0.452 e. The van der Waals surface area contributed by atoms with Gasteiger partial charge in [-0.2, -0.15) is 0 Å². The van der Waals surface area contributed by atoms with Gasteiger partial charge in [0.15, 0.2) is 6.61 Å². The lowest BCUT2D eigenvalue weighted by atomic mass is 9.90. The Morgan fingerprint density at radius 1 is 1.10 bits per heavy atom. The van der Waals surface area contributed by atoms with Crippen molar-refractivity contribution in [2.75, 3.05) is 18.2 Å². The Morgan fingerprint density at radius 2 is 1.93 bits per heavy atom. The number of fused-ring (bicyclic) bond motifs is 2. The molecule has 1 aliphatic rings. The number of aryl methyl sites for hydroxylation is 1. The highest BCUT2D eigenvalue weighted by Crippen LogP contribution is 2.29. The van der Waals surface area contributed by atoms with E-state index in [1.807, 2.05) is 54.8 Å². The summed E-state index contributed by atoms with van der Waals surface area (Å²) in [4.78, 5) is 31.0. The number of esters is 1. The molecule has 3 aromatic rings. The highest BCUT2D eigenvalue weighted by Gasteiger charge is 2.24. The van der Waals surface area contributed by atoms with Crippen molar-refractivity contribution in [3.63, 3.8) is 0 Å². The largest absolute Gasteiger partial charge is 0.452 e. The van der Waals surface area contributed by atoms with Crippen LogP contribution in [-0.2, 0) is 22.4 Å². The Morgan fingerprint density at radius 3 is 2.79 bits per heavy atom. The van der Waals surface area contributed by atoms with Crippen molar-refractivity contribution in [1.29, 1.82) is 0 Å². The van der Waals surface area contributed by atoms with Crippen LogP contribution in [0, 0.1) is 0 Å². The third kappa shape index (κ3) is 4.27. The lowest BCUT2D eigenvalue weighted by molar-refractivity contribution is -0.119. The van der Waals surface area contributed by atoms with Gasteiger partial charge in [-0.25, -0.2) is 4.79 Å². The van der Waals surface area contributed by atoms with E-state index in [2.05, 4.69) is 5.32 Å². The van der Waals surface area contributed by atoms with Crippen LogP contribution in [0.25, 0.3) is 10.9 Å². The van der Waals surface area contributed by atoms with Crippen LogP contribution >= 0.6 is 11.8 Å². The van der Waals surface area contributed by atoms with Crippen LogP contribution in [0.2, 0.25) is 0 Å². The van der Waals surface area contributed by atoms with Crippen molar-refractivity contribution in [2.24, 2.45) is 0 Å². The summed E-state index contributed by atoms with van der Waals surface area (Å²) in [7, 11) is 0. The first-order valence-corrected chi connectivity index (χ1v) is 10.9. The minimum absolute atomic E-state index is 0.326. The lowest BCUT2D eigenvalue weighted by Crippen LogP contribution is -2.22. The fourth-order valence-corrected chi connectivity index (χ4v) is 4.17. The molecule has 1 aromatic heterocycles. The molecule has 1 amide bonds. The highest BCUT2D eigenvalue weighted by atomic mass is 32.2. The maximum Gasteiger partial charge on any atom is 0.339 e. The summed E-state index contributed by atoms with van der Waals surface area (Å²) in [5, 5.41) is 3.56. The second kappa shape index (κ2) is 8.66. The summed E-state index contributed by atoms with van der Waals surface area (Å²) >= 11 is 1.60. The maximum absolute atomic E-state index is 13.0. The zero-order valence-electron chi connectivity index (χ0n) is 16.2. The molecule has 0 atom stereocenters. The van der Waals surface area contributed by atoms with Crippen molar-refractivity contribution in [3.8, 4) is 0 Å². The quantitative estimate of drug-likeness (QED) is 0.494. The number of benzene rings is 2. The van der Waals surface area contributed by atoms with E-state index in [-0.39, 0.29) is 12.5 Å². The topological polar surface area (TPSA) is 68.3 Å². The molecule has 1 aliphatic carbocycles. The van der Waals surface area contributed by atoms with Gasteiger partial charge in [-0.1, -0.05) is 24.3 Å². The number of aromatic nitrogens is 1. The van der Waals surface area contributed by atoms with Gasteiger partial charge >= 0.3 is 5.97 Å². The van der Waals surface area contributed by atoms with Gasteiger partial charge < -0.3 is 10.1 Å². The fourth-order valence-electron chi connectivity index (χ4n) is 3.71. The van der Waals surface area contributed by atoms with Gasteiger partial charge in [0.25, 0.3) is 5.91 Å². The Hall–Kier alpha value is -2.86. The average Bonchev–Trinajstić information content (AvgIpc) is 2.76. The molecule has 0 fully saturated rings. The molecule has 0 bridgehead atoms. The average molecular weight is 407 g/mol. The molecule has 0 saturated carbocycles. The van der Waals surface area contributed by atoms with E-state index < -0.39 is 5.97 Å². The van der Waals surface area contributed by atoms with Crippen molar-refractivity contribution < 1.29 is 14.3 Å². The predicted octanol–water partition coefficient (Wildman–Crippen LogP) is 4.63. The summed E-state index contributed by atoms with van der Waals surface area (Å²) in [6.45, 7) is -0.326. The monoisotopic (exact) mass is 406 g/mol. The molecule has 0 spiro atoms. The van der Waals surface area contributed by atoms with Gasteiger partial charge in [-0.15, -0.1) is 11.8 Å². The number of carbonyl (C=O) groups excluding carboxylic acids is 2. The molecule has 0 radical (unpaired) electrons. The van der Waals surface area contributed by atoms with E-state index in [1.165, 1.54) is 0 Å². The Bertz CT molecular complexity index is 1080. The van der Waals surface area contributed by atoms with E-state index in [0.29, 0.717) is 11.3 Å². The van der Waals surface area contributed by atoms with Crippen LogP contribution in [0.3, 0.4) is 0 Å². The number of ether oxygens (including phenoxy) is 1. The molecular formula is C23H22N2O3S. The third-order valence-corrected chi connectivity index (χ3v) is 5.79. The summed E-state index contributed by atoms with van der Waals surface area (Å²) in [5.41, 5.74) is 3.97. The number of carbonyl (C=O) groups is 2. The first kappa shape index (κ1) is 19.5. The first-order valence-electron chi connectivity index (χ1n) is 9.67. The number of hydrogen-bond donors (Lipinski definition) is 1. The molecule has 0 saturated heterocycles. The van der Waals surface area contributed by atoms with E-state index in [0.717, 1.165) is 52.7 Å². The zero-order valence-corrected chi connectivity index (χ0v) is 17.1. The normalized spacial score (nSPS) is 13.0. The number of nitrogens with zero attached hydrogens (tertiary/aromatic N) is 1. The first-order chi connectivity index (χ1) is 14.2. The van der Waals surface area contributed by atoms with E-state index in [9.17, 15) is 9.59 Å². The van der Waals surface area contributed by atoms with Gasteiger partial charge in [-0.05, 0) is 61.8 Å². The summed E-state index contributed by atoms with van der Waals surface area (Å²) < 4.78 is 5.41. The van der Waals surface area contributed by atoms with Gasteiger partial charge in [0.05, 0.1) is 11.1 Å². The second-order valence-corrected chi connectivity index (χ2v) is 7.87. The SMILES string of the molecule is CSc1cccc(NC(=O)COC(=O)c2c3c(nc4ccccc24)CCCC3)c1. The number of para-hydroxylation sites is 1. The molecule has 29 heavy (non-hydrogen) atoms. The van der Waals surface area contributed by atoms with Crippen LogP contribution in [0.4, 0.5) is 5.69 Å². The lowest BCUT2D eigenvalue weighted by Gasteiger charge is -2.19. The molecule has 2 aromatic carbocycles. The number of nitrogens with one attached hydrogen (secondary N) is 1. The van der Waals surface area contributed by atoms with Crippen LogP contribution in [0.5, 0.6) is 0 Å². The molecule has 1 N–H and O–H groups in total. The van der Waals surface area contributed by atoms with Crippen molar-refractivity contribution in [2.45, 2.75) is 30.6 Å². The van der Waals surface area contributed by atoms with Gasteiger partial charge in [0, 0.05) is 21.7 Å². The Labute approximate surface area is 173 Å². The molecule has 0 aliphatic heterocycles. The maximum atomic E-state index is 13.0. The smallest absolute Gasteiger partial charge is 0.339 e. The van der Waals surface area contributed by atoms with E-state index in [4.69, 9.17) is 9.72 Å². The molecule has 6 heteroatoms. The second-order valence-electron chi connectivity index (χ2n) is 6.99. The van der Waals surface area contributed by atoms with Crippen molar-refractivity contribution in [1.82, 2.24) is 4.98 Å². The number of anilines is 1. The number of thioether (sulfide) groups is 1. The van der Waals surface area contributed by atoms with Crippen LogP contribution in [0.15, 0.2) is 53.4 Å². The number of rotatable bonds is 5. The van der Waals surface area contributed by atoms with Crippen LogP contribution < -0.4 is 5.32 Å². The molecule has 4 rings (SSSR count).